The molecule has 1 saturated heterocycles. The minimum Gasteiger partial charge on any atom is -0.371 e. The number of para-hydroxylation sites is 1. The van der Waals surface area contributed by atoms with Gasteiger partial charge in [-0.15, -0.1) is 0 Å². The first-order valence-corrected chi connectivity index (χ1v) is 7.67. The summed E-state index contributed by atoms with van der Waals surface area (Å²) in [5.41, 5.74) is 2.76. The van der Waals surface area contributed by atoms with Crippen molar-refractivity contribution in [2.24, 2.45) is 0 Å². The van der Waals surface area contributed by atoms with Crippen LogP contribution in [0.3, 0.4) is 0 Å². The number of hydrogen-bond acceptors (Lipinski definition) is 4. The normalized spacial score (nSPS) is 14.4. The van der Waals surface area contributed by atoms with E-state index in [1.807, 2.05) is 6.07 Å². The number of nitrogens with zero attached hydrogens (tertiary/aromatic N) is 3. The molecule has 1 aromatic carbocycles. The monoisotopic (exact) mass is 299 g/mol. The smallest absolute Gasteiger partial charge is 0.276 e. The Kier molecular flexibility index (Phi) is 4.13. The molecule has 0 radical (unpaired) electrons. The summed E-state index contributed by atoms with van der Waals surface area (Å²) in [7, 11) is 1.80. The van der Waals surface area contributed by atoms with Crippen LogP contribution in [-0.4, -0.2) is 36.1 Å². The van der Waals surface area contributed by atoms with Crippen LogP contribution in [0.2, 0.25) is 0 Å². The molecule has 1 amide bonds. The summed E-state index contributed by atoms with van der Waals surface area (Å²) < 4.78 is 4.99. The van der Waals surface area contributed by atoms with E-state index in [9.17, 15) is 4.79 Å². The predicted octanol–water partition coefficient (Wildman–Crippen LogP) is 2.86. The summed E-state index contributed by atoms with van der Waals surface area (Å²) in [4.78, 5) is 16.5. The highest BCUT2D eigenvalue weighted by Crippen LogP contribution is 2.25. The zero-order valence-electron chi connectivity index (χ0n) is 13.1. The summed E-state index contributed by atoms with van der Waals surface area (Å²) in [6, 6.07) is 9.98. The van der Waals surface area contributed by atoms with Crippen molar-refractivity contribution in [3.8, 4) is 0 Å². The van der Waals surface area contributed by atoms with Gasteiger partial charge in [-0.05, 0) is 31.4 Å². The Hall–Kier alpha value is -2.30. The fourth-order valence-electron chi connectivity index (χ4n) is 2.90. The Morgan fingerprint density at radius 2 is 2.05 bits per heavy atom. The zero-order chi connectivity index (χ0) is 15.5. The Morgan fingerprint density at radius 3 is 2.73 bits per heavy atom. The minimum absolute atomic E-state index is 0.118. The average molecular weight is 299 g/mol. The lowest BCUT2D eigenvalue weighted by molar-refractivity contribution is 0.0775. The van der Waals surface area contributed by atoms with E-state index in [4.69, 9.17) is 4.52 Å². The van der Waals surface area contributed by atoms with Gasteiger partial charge in [0.2, 0.25) is 0 Å². The first-order chi connectivity index (χ1) is 10.6. The van der Waals surface area contributed by atoms with E-state index in [1.165, 1.54) is 24.1 Å². The van der Waals surface area contributed by atoms with Gasteiger partial charge in [0.1, 0.15) is 5.76 Å². The molecule has 22 heavy (non-hydrogen) atoms. The second-order valence-electron chi connectivity index (χ2n) is 5.81. The SMILES string of the molecule is Cc1cc(C(=O)N(C)Cc2ccccc2N2CCCC2)no1. The van der Waals surface area contributed by atoms with Crippen molar-refractivity contribution in [3.05, 3.63) is 47.3 Å². The van der Waals surface area contributed by atoms with Crippen molar-refractivity contribution in [2.45, 2.75) is 26.3 Å². The van der Waals surface area contributed by atoms with Crippen molar-refractivity contribution in [1.82, 2.24) is 10.1 Å². The number of amides is 1. The van der Waals surface area contributed by atoms with E-state index >= 15 is 0 Å². The molecule has 5 nitrogen and oxygen atoms in total. The Balaban J connectivity index is 1.76. The minimum atomic E-state index is -0.118. The van der Waals surface area contributed by atoms with Crippen LogP contribution in [0, 0.1) is 6.92 Å². The van der Waals surface area contributed by atoms with Gasteiger partial charge in [0.25, 0.3) is 5.91 Å². The molecule has 2 aromatic rings. The van der Waals surface area contributed by atoms with Crippen LogP contribution in [0.15, 0.2) is 34.9 Å². The van der Waals surface area contributed by atoms with Gasteiger partial charge in [-0.25, -0.2) is 0 Å². The third-order valence-corrected chi connectivity index (χ3v) is 4.04. The van der Waals surface area contributed by atoms with E-state index in [0.717, 1.165) is 13.1 Å². The Morgan fingerprint density at radius 1 is 1.32 bits per heavy atom. The number of hydrogen-bond donors (Lipinski definition) is 0. The lowest BCUT2D eigenvalue weighted by Gasteiger charge is -2.24. The molecular weight excluding hydrogens is 278 g/mol. The fraction of sp³-hybridized carbons (Fsp3) is 0.412. The van der Waals surface area contributed by atoms with Crippen LogP contribution in [-0.2, 0) is 6.54 Å². The molecule has 1 aliphatic heterocycles. The maximum Gasteiger partial charge on any atom is 0.276 e. The summed E-state index contributed by atoms with van der Waals surface area (Å²) in [5.74, 6) is 0.530. The van der Waals surface area contributed by atoms with Crippen LogP contribution in [0.4, 0.5) is 5.69 Å². The predicted molar refractivity (Wildman–Crippen MR) is 84.9 cm³/mol. The van der Waals surface area contributed by atoms with E-state index in [1.54, 1.807) is 24.9 Å². The average Bonchev–Trinajstić information content (AvgIpc) is 3.18. The third kappa shape index (κ3) is 2.98. The quantitative estimate of drug-likeness (QED) is 0.871. The second-order valence-corrected chi connectivity index (χ2v) is 5.81. The van der Waals surface area contributed by atoms with Gasteiger partial charge in [-0.1, -0.05) is 23.4 Å². The Bertz CT molecular complexity index is 659. The molecule has 0 atom stereocenters. The van der Waals surface area contributed by atoms with E-state index < -0.39 is 0 Å². The lowest BCUT2D eigenvalue weighted by Crippen LogP contribution is -2.28. The van der Waals surface area contributed by atoms with Crippen LogP contribution in [0.1, 0.15) is 34.7 Å². The van der Waals surface area contributed by atoms with Gasteiger partial charge in [0, 0.05) is 38.4 Å². The third-order valence-electron chi connectivity index (χ3n) is 4.04. The first kappa shape index (κ1) is 14.6. The summed E-state index contributed by atoms with van der Waals surface area (Å²) >= 11 is 0. The largest absolute Gasteiger partial charge is 0.371 e. The van der Waals surface area contributed by atoms with Gasteiger partial charge >= 0.3 is 0 Å². The van der Waals surface area contributed by atoms with E-state index in [2.05, 4.69) is 28.3 Å². The molecule has 1 aliphatic rings. The highest BCUT2D eigenvalue weighted by molar-refractivity contribution is 5.92. The number of benzene rings is 1. The number of rotatable bonds is 4. The molecule has 2 heterocycles. The summed E-state index contributed by atoms with van der Waals surface area (Å²) in [6.45, 7) is 4.54. The molecule has 3 rings (SSSR count). The summed E-state index contributed by atoms with van der Waals surface area (Å²) in [5, 5.41) is 3.80. The molecule has 5 heteroatoms. The summed E-state index contributed by atoms with van der Waals surface area (Å²) in [6.07, 6.45) is 2.47. The molecule has 116 valence electrons. The maximum absolute atomic E-state index is 12.4. The molecule has 0 N–H and O–H groups in total. The van der Waals surface area contributed by atoms with Gasteiger partial charge in [-0.3, -0.25) is 4.79 Å². The first-order valence-electron chi connectivity index (χ1n) is 7.67. The lowest BCUT2D eigenvalue weighted by atomic mass is 10.1. The topological polar surface area (TPSA) is 49.6 Å². The van der Waals surface area contributed by atoms with Crippen molar-refractivity contribution < 1.29 is 9.32 Å². The van der Waals surface area contributed by atoms with Crippen LogP contribution in [0.5, 0.6) is 0 Å². The molecule has 1 aromatic heterocycles. The van der Waals surface area contributed by atoms with Gasteiger partial charge in [-0.2, -0.15) is 0 Å². The van der Waals surface area contributed by atoms with Gasteiger partial charge in [0.15, 0.2) is 5.69 Å². The molecule has 0 unspecified atom stereocenters. The zero-order valence-corrected chi connectivity index (χ0v) is 13.1. The molecule has 0 aliphatic carbocycles. The van der Waals surface area contributed by atoms with Crippen LogP contribution >= 0.6 is 0 Å². The van der Waals surface area contributed by atoms with Crippen molar-refractivity contribution in [2.75, 3.05) is 25.0 Å². The number of aromatic nitrogens is 1. The number of carbonyl (C=O) groups excluding carboxylic acids is 1. The molecule has 0 spiro atoms. The van der Waals surface area contributed by atoms with Gasteiger partial charge < -0.3 is 14.3 Å². The fourth-order valence-corrected chi connectivity index (χ4v) is 2.90. The maximum atomic E-state index is 12.4. The second kappa shape index (κ2) is 6.22. The molecule has 1 fully saturated rings. The Labute approximate surface area is 130 Å². The molecule has 0 bridgehead atoms. The van der Waals surface area contributed by atoms with Crippen LogP contribution < -0.4 is 4.90 Å². The van der Waals surface area contributed by atoms with Gasteiger partial charge in [0.05, 0.1) is 0 Å². The molecular formula is C17H21N3O2. The standard InChI is InChI=1S/C17H21N3O2/c1-13-11-15(18-22-13)17(21)19(2)12-14-7-3-4-8-16(14)20-9-5-6-10-20/h3-4,7-8,11H,5-6,9-10,12H2,1-2H3. The number of carbonyl (C=O) groups is 1. The number of aryl methyl sites for hydroxylation is 1. The van der Waals surface area contributed by atoms with Crippen molar-refractivity contribution in [3.63, 3.8) is 0 Å². The van der Waals surface area contributed by atoms with Crippen molar-refractivity contribution >= 4 is 11.6 Å². The highest BCUT2D eigenvalue weighted by Gasteiger charge is 2.19. The van der Waals surface area contributed by atoms with Crippen LogP contribution in [0.25, 0.3) is 0 Å². The van der Waals surface area contributed by atoms with E-state index in [-0.39, 0.29) is 5.91 Å². The van der Waals surface area contributed by atoms with E-state index in [0.29, 0.717) is 18.0 Å². The highest BCUT2D eigenvalue weighted by atomic mass is 16.5. The van der Waals surface area contributed by atoms with Crippen molar-refractivity contribution in [1.29, 1.82) is 0 Å². The molecule has 0 saturated carbocycles. The number of anilines is 1.